The maximum atomic E-state index is 9.49. The number of thiazole rings is 1. The van der Waals surface area contributed by atoms with Crippen molar-refractivity contribution in [2.45, 2.75) is 0 Å². The number of fused-ring (bicyclic) bond motifs is 1. The van der Waals surface area contributed by atoms with Crippen molar-refractivity contribution in [3.05, 3.63) is 59.1 Å². The molecule has 5 heteroatoms. The van der Waals surface area contributed by atoms with Crippen molar-refractivity contribution in [3.63, 3.8) is 0 Å². The monoisotopic (exact) mass is 317 g/mol. The smallest absolute Gasteiger partial charge is 0.174 e. The van der Waals surface area contributed by atoms with E-state index in [-0.39, 0.29) is 6.61 Å². The second-order valence-electron chi connectivity index (χ2n) is 4.64. The molecular formula is C18H11N3OS. The Kier molecular flexibility index (Phi) is 4.33. The molecule has 23 heavy (non-hydrogen) atoms. The number of benzene rings is 2. The van der Waals surface area contributed by atoms with Crippen molar-refractivity contribution < 1.29 is 4.74 Å². The molecule has 0 N–H and O–H groups in total. The van der Waals surface area contributed by atoms with Gasteiger partial charge in [0.25, 0.3) is 0 Å². The van der Waals surface area contributed by atoms with Crippen LogP contribution in [0.5, 0.6) is 5.75 Å². The van der Waals surface area contributed by atoms with Gasteiger partial charge in [-0.25, -0.2) is 4.98 Å². The Morgan fingerprint density at radius 3 is 2.70 bits per heavy atom. The predicted molar refractivity (Wildman–Crippen MR) is 90.7 cm³/mol. The normalized spacial score (nSPS) is 11.0. The van der Waals surface area contributed by atoms with E-state index in [4.69, 9.17) is 10.00 Å². The Hall–Kier alpha value is -3.15. The number of hydrogen-bond donors (Lipinski definition) is 0. The maximum Gasteiger partial charge on any atom is 0.174 e. The van der Waals surface area contributed by atoms with Crippen LogP contribution in [-0.2, 0) is 0 Å². The van der Waals surface area contributed by atoms with E-state index in [1.54, 1.807) is 12.1 Å². The highest BCUT2D eigenvalue weighted by molar-refractivity contribution is 7.19. The summed E-state index contributed by atoms with van der Waals surface area (Å²) in [6.45, 7) is -0.0339. The number of para-hydroxylation sites is 2. The van der Waals surface area contributed by atoms with Crippen LogP contribution < -0.4 is 4.74 Å². The average Bonchev–Trinajstić information content (AvgIpc) is 3.02. The van der Waals surface area contributed by atoms with E-state index in [1.807, 2.05) is 48.5 Å². The first-order valence-electron chi connectivity index (χ1n) is 6.88. The number of nitrogens with zero attached hydrogens (tertiary/aromatic N) is 3. The minimum atomic E-state index is -0.0339. The second-order valence-corrected chi connectivity index (χ2v) is 5.67. The van der Waals surface area contributed by atoms with Crippen LogP contribution in [0.3, 0.4) is 0 Å². The summed E-state index contributed by atoms with van der Waals surface area (Å²) in [4.78, 5) is 4.51. The molecule has 0 spiro atoms. The lowest BCUT2D eigenvalue weighted by Crippen LogP contribution is -1.95. The Labute approximate surface area is 137 Å². The number of ether oxygens (including phenoxy) is 1. The minimum Gasteiger partial charge on any atom is -0.478 e. The van der Waals surface area contributed by atoms with E-state index >= 15 is 0 Å². The Morgan fingerprint density at radius 1 is 1.13 bits per heavy atom. The summed E-state index contributed by atoms with van der Waals surface area (Å²) in [5.41, 5.74) is 2.10. The molecule has 0 saturated heterocycles. The molecule has 0 aliphatic rings. The van der Waals surface area contributed by atoms with Gasteiger partial charge >= 0.3 is 0 Å². The molecule has 0 radical (unpaired) electrons. The van der Waals surface area contributed by atoms with Crippen molar-refractivity contribution in [1.29, 1.82) is 10.5 Å². The van der Waals surface area contributed by atoms with Crippen LogP contribution in [0.15, 0.2) is 48.5 Å². The molecule has 0 fully saturated rings. The number of allylic oxidation sites excluding steroid dienone is 1. The molecule has 0 unspecified atom stereocenters. The number of nitriles is 2. The van der Waals surface area contributed by atoms with E-state index in [9.17, 15) is 5.26 Å². The highest BCUT2D eigenvalue weighted by atomic mass is 32.1. The van der Waals surface area contributed by atoms with Gasteiger partial charge in [-0.05, 0) is 24.3 Å². The van der Waals surface area contributed by atoms with Gasteiger partial charge in [-0.15, -0.1) is 11.3 Å². The van der Waals surface area contributed by atoms with Crippen LogP contribution in [0.1, 0.15) is 10.6 Å². The number of aromatic nitrogens is 1. The summed E-state index contributed by atoms with van der Waals surface area (Å²) in [6.07, 6.45) is 1.74. The molecule has 1 heterocycles. The summed E-state index contributed by atoms with van der Waals surface area (Å²) in [7, 11) is 0. The Balaban J connectivity index is 2.03. The topological polar surface area (TPSA) is 69.7 Å². The molecule has 2 aromatic carbocycles. The summed E-state index contributed by atoms with van der Waals surface area (Å²) in [6, 6.07) is 19.2. The predicted octanol–water partition coefficient (Wildman–Crippen LogP) is 4.26. The molecule has 0 aliphatic heterocycles. The first kappa shape index (κ1) is 14.8. The van der Waals surface area contributed by atoms with E-state index in [2.05, 4.69) is 11.1 Å². The average molecular weight is 317 g/mol. The molecule has 0 amide bonds. The van der Waals surface area contributed by atoms with Gasteiger partial charge < -0.3 is 4.74 Å². The molecule has 0 atom stereocenters. The summed E-state index contributed by atoms with van der Waals surface area (Å²) >= 11 is 1.48. The molecule has 0 bridgehead atoms. The third-order valence-corrected chi connectivity index (χ3v) is 4.23. The fourth-order valence-electron chi connectivity index (χ4n) is 2.13. The SMILES string of the molecule is N#CCOc1ccccc1C=C(C#N)c1nc2ccccc2s1. The Morgan fingerprint density at radius 2 is 1.91 bits per heavy atom. The largest absolute Gasteiger partial charge is 0.478 e. The lowest BCUT2D eigenvalue weighted by molar-refractivity contribution is 0.367. The molecule has 1 aromatic heterocycles. The molecule has 110 valence electrons. The quantitative estimate of drug-likeness (QED) is 0.674. The second kappa shape index (κ2) is 6.74. The zero-order chi connectivity index (χ0) is 16.1. The van der Waals surface area contributed by atoms with Crippen molar-refractivity contribution in [1.82, 2.24) is 4.98 Å². The van der Waals surface area contributed by atoms with Crippen LogP contribution >= 0.6 is 11.3 Å². The highest BCUT2D eigenvalue weighted by Crippen LogP contribution is 2.29. The zero-order valence-electron chi connectivity index (χ0n) is 12.1. The van der Waals surface area contributed by atoms with E-state index in [0.717, 1.165) is 15.8 Å². The van der Waals surface area contributed by atoms with Crippen LogP contribution in [0, 0.1) is 22.7 Å². The van der Waals surface area contributed by atoms with E-state index in [0.29, 0.717) is 16.3 Å². The van der Waals surface area contributed by atoms with Crippen LogP contribution in [0.2, 0.25) is 0 Å². The van der Waals surface area contributed by atoms with Gasteiger partial charge in [0.1, 0.15) is 22.9 Å². The Bertz CT molecular complexity index is 927. The van der Waals surface area contributed by atoms with Gasteiger partial charge in [0.15, 0.2) is 6.61 Å². The van der Waals surface area contributed by atoms with Crippen molar-refractivity contribution in [3.8, 4) is 17.9 Å². The van der Waals surface area contributed by atoms with Gasteiger partial charge in [-0.1, -0.05) is 30.3 Å². The lowest BCUT2D eigenvalue weighted by Gasteiger charge is -2.05. The van der Waals surface area contributed by atoms with E-state index in [1.165, 1.54) is 11.3 Å². The van der Waals surface area contributed by atoms with Crippen molar-refractivity contribution >= 4 is 33.2 Å². The third-order valence-electron chi connectivity index (χ3n) is 3.16. The van der Waals surface area contributed by atoms with Crippen molar-refractivity contribution in [2.75, 3.05) is 6.61 Å². The molecule has 0 aliphatic carbocycles. The zero-order valence-corrected chi connectivity index (χ0v) is 12.9. The van der Waals surface area contributed by atoms with Gasteiger partial charge in [0, 0.05) is 5.56 Å². The molecule has 3 rings (SSSR count). The number of rotatable bonds is 4. The highest BCUT2D eigenvalue weighted by Gasteiger charge is 2.10. The van der Waals surface area contributed by atoms with Gasteiger partial charge in [0.2, 0.25) is 0 Å². The van der Waals surface area contributed by atoms with Gasteiger partial charge in [0.05, 0.1) is 15.8 Å². The first-order chi connectivity index (χ1) is 11.3. The summed E-state index contributed by atoms with van der Waals surface area (Å²) in [5, 5.41) is 18.8. The van der Waals surface area contributed by atoms with Gasteiger partial charge in [-0.2, -0.15) is 10.5 Å². The molecule has 0 saturated carbocycles. The van der Waals surface area contributed by atoms with E-state index < -0.39 is 0 Å². The minimum absolute atomic E-state index is 0.0339. The lowest BCUT2D eigenvalue weighted by atomic mass is 10.1. The maximum absolute atomic E-state index is 9.49. The standard InChI is InChI=1S/C18H11N3OS/c19-9-10-22-16-7-3-1-5-13(16)11-14(12-20)18-21-15-6-2-4-8-17(15)23-18/h1-8,11H,10H2. The summed E-state index contributed by atoms with van der Waals surface area (Å²) < 4.78 is 6.43. The number of hydrogen-bond acceptors (Lipinski definition) is 5. The van der Waals surface area contributed by atoms with Crippen LogP contribution in [0.25, 0.3) is 21.9 Å². The third kappa shape index (κ3) is 3.21. The van der Waals surface area contributed by atoms with Crippen molar-refractivity contribution in [2.24, 2.45) is 0 Å². The summed E-state index contributed by atoms with van der Waals surface area (Å²) in [5.74, 6) is 0.572. The van der Waals surface area contributed by atoms with Gasteiger partial charge in [-0.3, -0.25) is 0 Å². The van der Waals surface area contributed by atoms with Crippen LogP contribution in [-0.4, -0.2) is 11.6 Å². The molecular weight excluding hydrogens is 306 g/mol. The fourth-order valence-corrected chi connectivity index (χ4v) is 3.06. The molecule has 4 nitrogen and oxygen atoms in total. The molecule has 3 aromatic rings. The first-order valence-corrected chi connectivity index (χ1v) is 7.70. The van der Waals surface area contributed by atoms with Crippen LogP contribution in [0.4, 0.5) is 0 Å². The fraction of sp³-hybridized carbons (Fsp3) is 0.0556.